The molecule has 0 atom stereocenters. The quantitative estimate of drug-likeness (QED) is 0.895. The number of aliphatic carboxylic acids is 1. The van der Waals surface area contributed by atoms with Gasteiger partial charge in [0.2, 0.25) is 0 Å². The number of carboxylic acids is 1. The Bertz CT molecular complexity index is 511. The third-order valence-electron chi connectivity index (χ3n) is 3.25. The van der Waals surface area contributed by atoms with E-state index in [1.807, 2.05) is 0 Å². The number of methoxy groups -OCH3 is 1. The summed E-state index contributed by atoms with van der Waals surface area (Å²) in [6.45, 7) is 0. The van der Waals surface area contributed by atoms with Gasteiger partial charge in [0.15, 0.2) is 11.5 Å². The molecule has 0 amide bonds. The smallest absolute Gasteiger partial charge is 0.304 e. The van der Waals surface area contributed by atoms with E-state index in [4.69, 9.17) is 9.84 Å². The predicted molar refractivity (Wildman–Crippen MR) is 65.5 cm³/mol. The first kappa shape index (κ1) is 13.1. The van der Waals surface area contributed by atoms with Gasteiger partial charge in [0.05, 0.1) is 18.0 Å². The summed E-state index contributed by atoms with van der Waals surface area (Å²) in [5, 5.41) is 18.9. The summed E-state index contributed by atoms with van der Waals surface area (Å²) in [6, 6.07) is 1.32. The molecule has 0 saturated heterocycles. The highest BCUT2D eigenvalue weighted by Crippen LogP contribution is 2.57. The number of carbonyl (C=O) groups is 1. The van der Waals surface area contributed by atoms with Crippen molar-refractivity contribution < 1.29 is 24.1 Å². The fraction of sp³-hybridized carbons (Fsp3) is 0.417. The molecule has 0 bridgehead atoms. The van der Waals surface area contributed by atoms with E-state index in [-0.39, 0.29) is 28.0 Å². The van der Waals surface area contributed by atoms with Crippen LogP contribution in [-0.4, -0.2) is 23.3 Å². The highest BCUT2D eigenvalue weighted by Gasteiger charge is 2.50. The summed E-state index contributed by atoms with van der Waals surface area (Å²) < 4.78 is 19.2. The van der Waals surface area contributed by atoms with Crippen molar-refractivity contribution in [3.63, 3.8) is 0 Å². The van der Waals surface area contributed by atoms with Gasteiger partial charge in [-0.25, -0.2) is 4.39 Å². The number of phenolic OH excluding ortho intramolecular Hbond substituents is 1. The van der Waals surface area contributed by atoms with E-state index < -0.39 is 17.2 Å². The molecule has 1 saturated carbocycles. The zero-order valence-electron chi connectivity index (χ0n) is 9.67. The van der Waals surface area contributed by atoms with Crippen molar-refractivity contribution in [2.45, 2.75) is 24.7 Å². The fourth-order valence-corrected chi connectivity index (χ4v) is 2.59. The number of rotatable bonds is 4. The van der Waals surface area contributed by atoms with E-state index in [0.717, 1.165) is 0 Å². The van der Waals surface area contributed by atoms with E-state index >= 15 is 0 Å². The molecule has 0 aliphatic heterocycles. The van der Waals surface area contributed by atoms with Crippen molar-refractivity contribution in [2.24, 2.45) is 0 Å². The second kappa shape index (κ2) is 4.42. The minimum atomic E-state index is -1.01. The number of aromatic hydroxyl groups is 1. The lowest BCUT2D eigenvalue weighted by atomic mass is 9.90. The van der Waals surface area contributed by atoms with Gasteiger partial charge in [-0.1, -0.05) is 0 Å². The van der Waals surface area contributed by atoms with Crippen molar-refractivity contribution in [1.29, 1.82) is 0 Å². The Kier molecular flexibility index (Phi) is 3.23. The van der Waals surface area contributed by atoms with Crippen LogP contribution in [-0.2, 0) is 10.2 Å². The molecule has 2 N–H and O–H groups in total. The second-order valence-electron chi connectivity index (χ2n) is 4.45. The molecule has 0 unspecified atom stereocenters. The zero-order valence-corrected chi connectivity index (χ0v) is 11.3. The molecule has 0 aromatic heterocycles. The van der Waals surface area contributed by atoms with Crippen LogP contribution in [0.25, 0.3) is 0 Å². The summed E-state index contributed by atoms with van der Waals surface area (Å²) in [5.41, 5.74) is -0.770. The number of carboxylic acid groups (broad SMARTS) is 1. The summed E-state index contributed by atoms with van der Waals surface area (Å²) in [5.74, 6) is -1.80. The molecular weight excluding hydrogens is 307 g/mol. The number of phenols is 1. The monoisotopic (exact) mass is 318 g/mol. The molecule has 6 heteroatoms. The third kappa shape index (κ3) is 2.05. The summed E-state index contributed by atoms with van der Waals surface area (Å²) in [4.78, 5) is 10.8. The largest absolute Gasteiger partial charge is 0.504 e. The molecule has 1 aromatic carbocycles. The second-order valence-corrected chi connectivity index (χ2v) is 5.30. The van der Waals surface area contributed by atoms with Gasteiger partial charge in [0, 0.05) is 17.0 Å². The summed E-state index contributed by atoms with van der Waals surface area (Å²) in [7, 11) is 1.36. The molecule has 18 heavy (non-hydrogen) atoms. The van der Waals surface area contributed by atoms with Crippen molar-refractivity contribution in [3.8, 4) is 11.5 Å². The Morgan fingerprint density at radius 1 is 1.61 bits per heavy atom. The molecule has 1 aromatic rings. The molecule has 0 heterocycles. The van der Waals surface area contributed by atoms with Gasteiger partial charge >= 0.3 is 5.97 Å². The molecule has 0 radical (unpaired) electrons. The van der Waals surface area contributed by atoms with Crippen LogP contribution in [0.3, 0.4) is 0 Å². The Balaban J connectivity index is 2.56. The number of ether oxygens (including phenoxy) is 1. The normalized spacial score (nSPS) is 16.4. The lowest BCUT2D eigenvalue weighted by molar-refractivity contribution is -0.137. The lowest BCUT2D eigenvalue weighted by Crippen LogP contribution is -2.15. The first-order chi connectivity index (χ1) is 8.41. The van der Waals surface area contributed by atoms with Crippen LogP contribution in [0, 0.1) is 5.82 Å². The third-order valence-corrected chi connectivity index (χ3v) is 3.83. The van der Waals surface area contributed by atoms with Gasteiger partial charge in [-0.05, 0) is 28.8 Å². The Morgan fingerprint density at radius 3 is 2.67 bits per heavy atom. The van der Waals surface area contributed by atoms with Crippen LogP contribution < -0.4 is 4.74 Å². The van der Waals surface area contributed by atoms with E-state index in [9.17, 15) is 14.3 Å². The first-order valence-electron chi connectivity index (χ1n) is 5.38. The van der Waals surface area contributed by atoms with Crippen LogP contribution >= 0.6 is 15.9 Å². The van der Waals surface area contributed by atoms with E-state index in [2.05, 4.69) is 15.9 Å². The average molecular weight is 319 g/mol. The van der Waals surface area contributed by atoms with Crippen LogP contribution in [0.5, 0.6) is 11.5 Å². The van der Waals surface area contributed by atoms with E-state index in [0.29, 0.717) is 12.8 Å². The highest BCUT2D eigenvalue weighted by atomic mass is 79.9. The van der Waals surface area contributed by atoms with Crippen molar-refractivity contribution in [1.82, 2.24) is 0 Å². The van der Waals surface area contributed by atoms with E-state index in [1.54, 1.807) is 0 Å². The van der Waals surface area contributed by atoms with Crippen molar-refractivity contribution >= 4 is 21.9 Å². The maximum Gasteiger partial charge on any atom is 0.304 e. The van der Waals surface area contributed by atoms with Crippen LogP contribution in [0.15, 0.2) is 10.5 Å². The number of hydrogen-bond acceptors (Lipinski definition) is 3. The zero-order chi connectivity index (χ0) is 13.5. The minimum absolute atomic E-state index is 0.0381. The molecule has 2 rings (SSSR count). The number of hydrogen-bond donors (Lipinski definition) is 2. The molecular formula is C12H12BrFO4. The van der Waals surface area contributed by atoms with Crippen LogP contribution in [0.2, 0.25) is 0 Å². The Hall–Kier alpha value is -1.30. The maximum atomic E-state index is 14.1. The van der Waals surface area contributed by atoms with Gasteiger partial charge in [-0.3, -0.25) is 4.79 Å². The molecule has 1 aliphatic carbocycles. The average Bonchev–Trinajstić information content (AvgIpc) is 3.03. The predicted octanol–water partition coefficient (Wildman–Crippen LogP) is 2.81. The molecule has 1 fully saturated rings. The van der Waals surface area contributed by atoms with Gasteiger partial charge < -0.3 is 14.9 Å². The number of benzene rings is 1. The van der Waals surface area contributed by atoms with Gasteiger partial charge in [-0.15, -0.1) is 0 Å². The topological polar surface area (TPSA) is 66.8 Å². The van der Waals surface area contributed by atoms with Gasteiger partial charge in [0.25, 0.3) is 0 Å². The van der Waals surface area contributed by atoms with Crippen LogP contribution in [0.4, 0.5) is 4.39 Å². The van der Waals surface area contributed by atoms with Gasteiger partial charge in [-0.2, -0.15) is 0 Å². The Labute approximate surface area is 112 Å². The lowest BCUT2D eigenvalue weighted by Gasteiger charge is -2.18. The molecule has 0 spiro atoms. The highest BCUT2D eigenvalue weighted by molar-refractivity contribution is 9.10. The fourth-order valence-electron chi connectivity index (χ4n) is 2.19. The van der Waals surface area contributed by atoms with Crippen molar-refractivity contribution in [3.05, 3.63) is 21.9 Å². The first-order valence-corrected chi connectivity index (χ1v) is 6.18. The standard InChI is InChI=1S/C12H12BrFO4/c1-18-7-4-6(13)10(14)9(11(7)17)12(2-3-12)5-8(15)16/h4,17H,2-3,5H2,1H3,(H,15,16). The van der Waals surface area contributed by atoms with E-state index in [1.165, 1.54) is 13.2 Å². The molecule has 4 nitrogen and oxygen atoms in total. The van der Waals surface area contributed by atoms with Crippen molar-refractivity contribution in [2.75, 3.05) is 7.11 Å². The molecule has 98 valence electrons. The van der Waals surface area contributed by atoms with Crippen LogP contribution in [0.1, 0.15) is 24.8 Å². The SMILES string of the molecule is COc1cc(Br)c(F)c(C2(CC(=O)O)CC2)c1O. The van der Waals surface area contributed by atoms with Gasteiger partial charge in [0.1, 0.15) is 5.82 Å². The maximum absolute atomic E-state index is 14.1. The number of halogens is 2. The summed E-state index contributed by atoms with van der Waals surface area (Å²) in [6.07, 6.45) is 0.893. The molecule has 1 aliphatic rings. The summed E-state index contributed by atoms with van der Waals surface area (Å²) >= 11 is 3.04. The Morgan fingerprint density at radius 2 is 2.22 bits per heavy atom. The minimum Gasteiger partial charge on any atom is -0.504 e.